The van der Waals surface area contributed by atoms with Crippen LogP contribution in [0.3, 0.4) is 0 Å². The van der Waals surface area contributed by atoms with Crippen molar-refractivity contribution in [2.24, 2.45) is 5.92 Å². The van der Waals surface area contributed by atoms with Gasteiger partial charge in [0.2, 0.25) is 0 Å². The second kappa shape index (κ2) is 5.29. The molecule has 0 aliphatic carbocycles. The van der Waals surface area contributed by atoms with Gasteiger partial charge in [-0.3, -0.25) is 0 Å². The van der Waals surface area contributed by atoms with Crippen molar-refractivity contribution in [3.8, 4) is 0 Å². The molecule has 1 aliphatic heterocycles. The zero-order valence-electron chi connectivity index (χ0n) is 10.3. The van der Waals surface area contributed by atoms with E-state index in [-0.39, 0.29) is 5.38 Å². The van der Waals surface area contributed by atoms with E-state index in [0.29, 0.717) is 5.92 Å². The predicted octanol–water partition coefficient (Wildman–Crippen LogP) is 4.55. The van der Waals surface area contributed by atoms with E-state index < -0.39 is 0 Å². The van der Waals surface area contributed by atoms with E-state index in [4.69, 9.17) is 16.3 Å². The second-order valence-electron chi connectivity index (χ2n) is 4.95. The van der Waals surface area contributed by atoms with Crippen LogP contribution in [0.1, 0.15) is 23.8 Å². The van der Waals surface area contributed by atoms with E-state index in [1.807, 2.05) is 0 Å². The average Bonchev–Trinajstić information content (AvgIpc) is 2.47. The number of benzene rings is 2. The average molecular weight is 261 g/mol. The van der Waals surface area contributed by atoms with Crippen molar-refractivity contribution in [2.45, 2.75) is 18.2 Å². The summed E-state index contributed by atoms with van der Waals surface area (Å²) in [4.78, 5) is 0. The van der Waals surface area contributed by atoms with E-state index in [0.717, 1.165) is 26.1 Å². The second-order valence-corrected chi connectivity index (χ2v) is 5.42. The summed E-state index contributed by atoms with van der Waals surface area (Å²) in [6, 6.07) is 14.8. The van der Waals surface area contributed by atoms with Crippen LogP contribution in [0.15, 0.2) is 42.5 Å². The molecule has 2 aromatic rings. The zero-order valence-corrected chi connectivity index (χ0v) is 11.1. The molecule has 2 heteroatoms. The maximum absolute atomic E-state index is 6.68. The van der Waals surface area contributed by atoms with Crippen molar-refractivity contribution in [3.05, 3.63) is 48.0 Å². The third-order valence-corrected chi connectivity index (χ3v) is 4.32. The van der Waals surface area contributed by atoms with Gasteiger partial charge in [-0.25, -0.2) is 0 Å². The Hall–Kier alpha value is -1.05. The standard InChI is InChI=1S/C16H17ClO/c17-16(13-7-4-10-18-11-13)15-9-3-6-12-5-1-2-8-14(12)15/h1-3,5-6,8-9,13,16H,4,7,10-11H2. The first-order valence-corrected chi connectivity index (χ1v) is 6.99. The fraction of sp³-hybridized carbons (Fsp3) is 0.375. The van der Waals surface area contributed by atoms with Crippen LogP contribution < -0.4 is 0 Å². The first kappa shape index (κ1) is 12.0. The zero-order chi connectivity index (χ0) is 12.4. The van der Waals surface area contributed by atoms with Crippen LogP contribution in [-0.4, -0.2) is 13.2 Å². The van der Waals surface area contributed by atoms with Gasteiger partial charge in [-0.15, -0.1) is 11.6 Å². The van der Waals surface area contributed by atoms with Crippen LogP contribution in [-0.2, 0) is 4.74 Å². The maximum Gasteiger partial charge on any atom is 0.0641 e. The summed E-state index contributed by atoms with van der Waals surface area (Å²) in [6.07, 6.45) is 2.29. The highest BCUT2D eigenvalue weighted by Gasteiger charge is 2.24. The normalized spacial score (nSPS) is 21.9. The summed E-state index contributed by atoms with van der Waals surface area (Å²) in [6.45, 7) is 1.67. The molecule has 0 saturated carbocycles. The van der Waals surface area contributed by atoms with Gasteiger partial charge in [0.1, 0.15) is 0 Å². The van der Waals surface area contributed by atoms with Gasteiger partial charge in [-0.1, -0.05) is 42.5 Å². The smallest absolute Gasteiger partial charge is 0.0641 e. The Morgan fingerprint density at radius 1 is 1.11 bits per heavy atom. The molecule has 0 spiro atoms. The SMILES string of the molecule is ClC(c1cccc2ccccc12)C1CCCOC1. The molecular formula is C16H17ClO. The minimum atomic E-state index is 0.0522. The summed E-state index contributed by atoms with van der Waals surface area (Å²) >= 11 is 6.68. The highest BCUT2D eigenvalue weighted by atomic mass is 35.5. The van der Waals surface area contributed by atoms with Crippen LogP contribution in [0.5, 0.6) is 0 Å². The highest BCUT2D eigenvalue weighted by Crippen LogP contribution is 2.37. The lowest BCUT2D eigenvalue weighted by Crippen LogP contribution is -2.21. The number of hydrogen-bond donors (Lipinski definition) is 0. The number of fused-ring (bicyclic) bond motifs is 1. The maximum atomic E-state index is 6.68. The molecule has 2 aromatic carbocycles. The van der Waals surface area contributed by atoms with E-state index in [1.165, 1.54) is 16.3 Å². The lowest BCUT2D eigenvalue weighted by molar-refractivity contribution is 0.0533. The van der Waals surface area contributed by atoms with E-state index in [1.54, 1.807) is 0 Å². The molecule has 1 heterocycles. The monoisotopic (exact) mass is 260 g/mol. The summed E-state index contributed by atoms with van der Waals surface area (Å²) in [5.41, 5.74) is 1.24. The minimum absolute atomic E-state index is 0.0522. The van der Waals surface area contributed by atoms with Gasteiger partial charge in [0.05, 0.1) is 12.0 Å². The lowest BCUT2D eigenvalue weighted by atomic mass is 9.91. The number of alkyl halides is 1. The van der Waals surface area contributed by atoms with E-state index >= 15 is 0 Å². The number of ether oxygens (including phenoxy) is 1. The molecule has 0 bridgehead atoms. The van der Waals surface area contributed by atoms with Crippen LogP contribution in [0.25, 0.3) is 10.8 Å². The van der Waals surface area contributed by atoms with Crippen molar-refractivity contribution in [3.63, 3.8) is 0 Å². The van der Waals surface area contributed by atoms with Crippen LogP contribution >= 0.6 is 11.6 Å². The Morgan fingerprint density at radius 2 is 1.94 bits per heavy atom. The first-order valence-electron chi connectivity index (χ1n) is 6.56. The van der Waals surface area contributed by atoms with Crippen LogP contribution in [0.2, 0.25) is 0 Å². The predicted molar refractivity (Wildman–Crippen MR) is 76.1 cm³/mol. The molecule has 1 nitrogen and oxygen atoms in total. The third kappa shape index (κ3) is 2.25. The van der Waals surface area contributed by atoms with Gasteiger partial charge in [-0.05, 0) is 29.2 Å². The molecular weight excluding hydrogens is 244 g/mol. The van der Waals surface area contributed by atoms with Gasteiger partial charge < -0.3 is 4.74 Å². The van der Waals surface area contributed by atoms with Gasteiger partial charge in [0.25, 0.3) is 0 Å². The molecule has 0 aromatic heterocycles. The van der Waals surface area contributed by atoms with Gasteiger partial charge in [-0.2, -0.15) is 0 Å². The molecule has 3 rings (SSSR count). The van der Waals surface area contributed by atoms with Crippen molar-refractivity contribution < 1.29 is 4.74 Å². The summed E-state index contributed by atoms with van der Waals surface area (Å²) in [7, 11) is 0. The van der Waals surface area contributed by atoms with E-state index in [9.17, 15) is 0 Å². The molecule has 0 N–H and O–H groups in total. The van der Waals surface area contributed by atoms with Crippen molar-refractivity contribution in [2.75, 3.05) is 13.2 Å². The Labute approximate surface area is 113 Å². The molecule has 1 aliphatic rings. The van der Waals surface area contributed by atoms with Gasteiger partial charge in [0, 0.05) is 12.5 Å². The van der Waals surface area contributed by atoms with Crippen LogP contribution in [0, 0.1) is 5.92 Å². The van der Waals surface area contributed by atoms with Gasteiger partial charge in [0.15, 0.2) is 0 Å². The number of halogens is 1. The minimum Gasteiger partial charge on any atom is -0.381 e. The van der Waals surface area contributed by atoms with Crippen molar-refractivity contribution in [1.29, 1.82) is 0 Å². The molecule has 1 saturated heterocycles. The molecule has 2 unspecified atom stereocenters. The molecule has 94 valence electrons. The fourth-order valence-corrected chi connectivity index (χ4v) is 3.13. The Bertz CT molecular complexity index is 526. The largest absolute Gasteiger partial charge is 0.381 e. The Balaban J connectivity index is 1.97. The molecule has 2 atom stereocenters. The summed E-state index contributed by atoms with van der Waals surface area (Å²) < 4.78 is 5.55. The number of hydrogen-bond acceptors (Lipinski definition) is 1. The van der Waals surface area contributed by atoms with Crippen LogP contribution in [0.4, 0.5) is 0 Å². The third-order valence-electron chi connectivity index (χ3n) is 3.73. The fourth-order valence-electron chi connectivity index (χ4n) is 2.74. The summed E-state index contributed by atoms with van der Waals surface area (Å²) in [5.74, 6) is 0.436. The summed E-state index contributed by atoms with van der Waals surface area (Å²) in [5, 5.41) is 2.58. The molecule has 18 heavy (non-hydrogen) atoms. The molecule has 0 radical (unpaired) electrons. The topological polar surface area (TPSA) is 9.23 Å². The Morgan fingerprint density at radius 3 is 2.78 bits per heavy atom. The van der Waals surface area contributed by atoms with Crippen molar-refractivity contribution >= 4 is 22.4 Å². The molecule has 1 fully saturated rings. The van der Waals surface area contributed by atoms with Crippen molar-refractivity contribution in [1.82, 2.24) is 0 Å². The van der Waals surface area contributed by atoms with E-state index in [2.05, 4.69) is 42.5 Å². The quantitative estimate of drug-likeness (QED) is 0.720. The molecule has 0 amide bonds. The number of rotatable bonds is 2. The lowest BCUT2D eigenvalue weighted by Gasteiger charge is -2.27. The Kier molecular flexibility index (Phi) is 3.53. The van der Waals surface area contributed by atoms with Gasteiger partial charge >= 0.3 is 0 Å². The first-order chi connectivity index (χ1) is 8.86. The highest BCUT2D eigenvalue weighted by molar-refractivity contribution is 6.22.